The van der Waals surface area contributed by atoms with Crippen LogP contribution in [0, 0.1) is 23.5 Å². The van der Waals surface area contributed by atoms with E-state index in [1.54, 1.807) is 0 Å². The molecule has 3 fully saturated rings. The van der Waals surface area contributed by atoms with Crippen LogP contribution in [0.3, 0.4) is 0 Å². The van der Waals surface area contributed by atoms with Crippen molar-refractivity contribution in [2.24, 2.45) is 11.8 Å². The Balaban J connectivity index is 1.35. The number of fused-ring (bicyclic) bond motifs is 2. The number of ether oxygens (including phenoxy) is 3. The fraction of sp³-hybridized carbons (Fsp3) is 0.440. The van der Waals surface area contributed by atoms with Gasteiger partial charge < -0.3 is 24.8 Å². The molecule has 3 heterocycles. The Morgan fingerprint density at radius 1 is 1.03 bits per heavy atom. The van der Waals surface area contributed by atoms with Gasteiger partial charge in [0.2, 0.25) is 0 Å². The first kappa shape index (κ1) is 22.7. The van der Waals surface area contributed by atoms with Gasteiger partial charge in [0.15, 0.2) is 17.3 Å². The lowest BCUT2D eigenvalue weighted by Gasteiger charge is -2.21. The Kier molecular flexibility index (Phi) is 6.07. The van der Waals surface area contributed by atoms with Gasteiger partial charge in [0.1, 0.15) is 29.1 Å². The summed E-state index contributed by atoms with van der Waals surface area (Å²) < 4.78 is 46.4. The molecule has 1 aromatic heterocycles. The van der Waals surface area contributed by atoms with E-state index in [1.807, 2.05) is 12.1 Å². The summed E-state index contributed by atoms with van der Waals surface area (Å²) in [6.45, 7) is 3.24. The molecule has 2 aliphatic heterocycles. The topological polar surface area (TPSA) is 77.5 Å². The largest absolute Gasteiger partial charge is 0.486 e. The van der Waals surface area contributed by atoms with Gasteiger partial charge in [-0.25, -0.2) is 18.7 Å². The van der Waals surface area contributed by atoms with Gasteiger partial charge in [-0.3, -0.25) is 0 Å². The van der Waals surface area contributed by atoms with Gasteiger partial charge in [-0.1, -0.05) is 11.6 Å². The molecule has 7 nitrogen and oxygen atoms in total. The van der Waals surface area contributed by atoms with Crippen molar-refractivity contribution in [3.63, 3.8) is 0 Å². The molecule has 2 aromatic carbocycles. The molecule has 10 heteroatoms. The smallest absolute Gasteiger partial charge is 0.168 e. The maximum Gasteiger partial charge on any atom is 0.168 e. The summed E-state index contributed by atoms with van der Waals surface area (Å²) in [5.74, 6) is 1.08. The highest BCUT2D eigenvalue weighted by atomic mass is 35.5. The van der Waals surface area contributed by atoms with Gasteiger partial charge >= 0.3 is 0 Å². The van der Waals surface area contributed by atoms with E-state index in [9.17, 15) is 8.78 Å². The first-order valence-electron chi connectivity index (χ1n) is 11.9. The standard InChI is InChI=1S/C25H25ClF2N4O3/c26-23-18(27)1-2-19(24(23)28)32-25-17-7-21(35-16-5-13-9-29-10-14(13)6-16)22(8-20(17)30-12-31-25)34-15-3-4-33-11-15/h1-2,7-8,12-16,29H,3-6,9-11H2,(H,30,31,32)/t13-,14+,15-,16?/m0/s1. The van der Waals surface area contributed by atoms with Gasteiger partial charge in [0.25, 0.3) is 0 Å². The third-order valence-electron chi connectivity index (χ3n) is 7.08. The summed E-state index contributed by atoms with van der Waals surface area (Å²) >= 11 is 5.76. The molecule has 184 valence electrons. The number of halogens is 3. The highest BCUT2D eigenvalue weighted by molar-refractivity contribution is 6.31. The van der Waals surface area contributed by atoms with Crippen LogP contribution in [0.5, 0.6) is 11.5 Å². The second-order valence-corrected chi connectivity index (χ2v) is 9.76. The van der Waals surface area contributed by atoms with Crippen LogP contribution in [0.4, 0.5) is 20.3 Å². The van der Waals surface area contributed by atoms with Crippen molar-refractivity contribution in [2.75, 3.05) is 31.6 Å². The Bertz CT molecular complexity index is 1250. The molecule has 3 aliphatic rings. The number of aromatic nitrogens is 2. The van der Waals surface area contributed by atoms with E-state index in [-0.39, 0.29) is 17.9 Å². The number of rotatable bonds is 6. The number of nitrogens with zero attached hydrogens (tertiary/aromatic N) is 2. The summed E-state index contributed by atoms with van der Waals surface area (Å²) in [6, 6.07) is 6.04. The molecule has 1 saturated carbocycles. The van der Waals surface area contributed by atoms with Gasteiger partial charge in [-0.15, -0.1) is 0 Å². The molecule has 2 saturated heterocycles. The molecule has 0 spiro atoms. The monoisotopic (exact) mass is 502 g/mol. The van der Waals surface area contributed by atoms with E-state index < -0.39 is 16.7 Å². The molecule has 3 aromatic rings. The van der Waals surface area contributed by atoms with Crippen LogP contribution in [-0.4, -0.2) is 48.5 Å². The Labute approximate surface area is 206 Å². The van der Waals surface area contributed by atoms with Crippen LogP contribution >= 0.6 is 11.6 Å². The first-order chi connectivity index (χ1) is 17.0. The summed E-state index contributed by atoms with van der Waals surface area (Å²) in [7, 11) is 0. The van der Waals surface area contributed by atoms with E-state index in [1.165, 1.54) is 12.4 Å². The van der Waals surface area contributed by atoms with Crippen molar-refractivity contribution >= 4 is 34.0 Å². The van der Waals surface area contributed by atoms with Crippen LogP contribution in [0.25, 0.3) is 10.9 Å². The fourth-order valence-electron chi connectivity index (χ4n) is 5.27. The maximum absolute atomic E-state index is 14.6. The van der Waals surface area contributed by atoms with Gasteiger partial charge in [0.05, 0.1) is 30.5 Å². The summed E-state index contributed by atoms with van der Waals surface area (Å²) in [4.78, 5) is 8.68. The third-order valence-corrected chi connectivity index (χ3v) is 7.42. The summed E-state index contributed by atoms with van der Waals surface area (Å²) in [5.41, 5.74) is 0.614. The number of anilines is 2. The fourth-order valence-corrected chi connectivity index (χ4v) is 5.43. The van der Waals surface area contributed by atoms with Crippen molar-refractivity contribution in [3.8, 4) is 11.5 Å². The maximum atomic E-state index is 14.6. The molecule has 4 atom stereocenters. The lowest BCUT2D eigenvalue weighted by atomic mass is 10.0. The van der Waals surface area contributed by atoms with Crippen molar-refractivity contribution in [1.29, 1.82) is 0 Å². The second kappa shape index (κ2) is 9.37. The molecular weight excluding hydrogens is 478 g/mol. The number of hydrogen-bond acceptors (Lipinski definition) is 7. The Morgan fingerprint density at radius 3 is 2.57 bits per heavy atom. The molecule has 0 radical (unpaired) electrons. The minimum atomic E-state index is -0.887. The number of benzene rings is 2. The molecule has 1 aliphatic carbocycles. The third kappa shape index (κ3) is 4.48. The molecule has 0 amide bonds. The number of hydrogen-bond donors (Lipinski definition) is 2. The van der Waals surface area contributed by atoms with Crippen molar-refractivity contribution < 1.29 is 23.0 Å². The molecule has 6 rings (SSSR count). The SMILES string of the molecule is Fc1ccc(Nc2ncnc3cc(O[C@H]4CCOC4)c(OC4C[C@H]5CNC[C@H]5C4)cc23)c(F)c1Cl. The predicted octanol–water partition coefficient (Wildman–Crippen LogP) is 4.85. The van der Waals surface area contributed by atoms with E-state index in [0.29, 0.717) is 53.3 Å². The molecule has 35 heavy (non-hydrogen) atoms. The van der Waals surface area contributed by atoms with Crippen LogP contribution < -0.4 is 20.1 Å². The van der Waals surface area contributed by atoms with Crippen LogP contribution in [-0.2, 0) is 4.74 Å². The van der Waals surface area contributed by atoms with Gasteiger partial charge in [-0.05, 0) is 56.0 Å². The normalized spacial score (nSPS) is 25.7. The summed E-state index contributed by atoms with van der Waals surface area (Å²) in [6.07, 6.45) is 4.17. The minimum absolute atomic E-state index is 0.0124. The quantitative estimate of drug-likeness (QED) is 0.466. The first-order valence-corrected chi connectivity index (χ1v) is 12.2. The van der Waals surface area contributed by atoms with E-state index in [0.717, 1.165) is 38.4 Å². The van der Waals surface area contributed by atoms with E-state index in [2.05, 4.69) is 20.6 Å². The van der Waals surface area contributed by atoms with Crippen molar-refractivity contribution in [1.82, 2.24) is 15.3 Å². The Morgan fingerprint density at radius 2 is 1.80 bits per heavy atom. The van der Waals surface area contributed by atoms with Crippen molar-refractivity contribution in [2.45, 2.75) is 31.5 Å². The zero-order valence-corrected chi connectivity index (χ0v) is 19.7. The molecular formula is C25H25ClF2N4O3. The van der Waals surface area contributed by atoms with Crippen LogP contribution in [0.2, 0.25) is 5.02 Å². The highest BCUT2D eigenvalue weighted by Crippen LogP contribution is 2.41. The molecule has 0 bridgehead atoms. The second-order valence-electron chi connectivity index (χ2n) is 9.38. The van der Waals surface area contributed by atoms with Gasteiger partial charge in [-0.2, -0.15) is 0 Å². The zero-order valence-electron chi connectivity index (χ0n) is 18.9. The van der Waals surface area contributed by atoms with E-state index >= 15 is 0 Å². The average molecular weight is 503 g/mol. The minimum Gasteiger partial charge on any atom is -0.486 e. The van der Waals surface area contributed by atoms with Crippen LogP contribution in [0.1, 0.15) is 19.3 Å². The molecule has 1 unspecified atom stereocenters. The van der Waals surface area contributed by atoms with Crippen LogP contribution in [0.15, 0.2) is 30.6 Å². The lowest BCUT2D eigenvalue weighted by molar-refractivity contribution is 0.132. The van der Waals surface area contributed by atoms with E-state index in [4.69, 9.17) is 25.8 Å². The summed E-state index contributed by atoms with van der Waals surface area (Å²) in [5, 5.41) is 6.43. The lowest BCUT2D eigenvalue weighted by Crippen LogP contribution is -2.20. The molecule has 2 N–H and O–H groups in total. The Hall–Kier alpha value is -2.75. The average Bonchev–Trinajstić information content (AvgIpc) is 3.59. The highest BCUT2D eigenvalue weighted by Gasteiger charge is 2.38. The van der Waals surface area contributed by atoms with Crippen molar-refractivity contribution in [3.05, 3.63) is 47.2 Å². The van der Waals surface area contributed by atoms with Gasteiger partial charge in [0, 0.05) is 17.9 Å². The predicted molar refractivity (Wildman–Crippen MR) is 128 cm³/mol. The zero-order chi connectivity index (χ0) is 23.9. The number of nitrogens with one attached hydrogen (secondary N) is 2.